The zero-order valence-corrected chi connectivity index (χ0v) is 15.8. The van der Waals surface area contributed by atoms with Crippen LogP contribution in [0.4, 0.5) is 17.6 Å². The molecule has 0 radical (unpaired) electrons. The summed E-state index contributed by atoms with van der Waals surface area (Å²) >= 11 is 5.99. The van der Waals surface area contributed by atoms with Gasteiger partial charge in [0.25, 0.3) is 11.5 Å². The van der Waals surface area contributed by atoms with Crippen LogP contribution in [0, 0.1) is 5.82 Å². The molecule has 0 atom stereocenters. The molecule has 1 aromatic carbocycles. The summed E-state index contributed by atoms with van der Waals surface area (Å²) < 4.78 is 59.2. The van der Waals surface area contributed by atoms with Crippen LogP contribution in [-0.4, -0.2) is 28.7 Å². The third-order valence-electron chi connectivity index (χ3n) is 3.63. The molecular weight excluding hydrogens is 422 g/mol. The Hall–Kier alpha value is -3.08. The number of aromatic nitrogens is 2. The number of hydrogen-bond donors (Lipinski definition) is 0. The summed E-state index contributed by atoms with van der Waals surface area (Å²) in [6.45, 7) is 3.42. The third-order valence-corrected chi connectivity index (χ3v) is 3.94. The Morgan fingerprint density at radius 3 is 2.52 bits per heavy atom. The molecule has 2 rings (SSSR count). The van der Waals surface area contributed by atoms with Crippen LogP contribution in [0.15, 0.2) is 45.6 Å². The summed E-state index contributed by atoms with van der Waals surface area (Å²) in [7, 11) is 2.01. The minimum atomic E-state index is -4.95. The molecule has 0 bridgehead atoms. The molecule has 0 N–H and O–H groups in total. The van der Waals surface area contributed by atoms with Crippen LogP contribution >= 0.6 is 11.6 Å². The lowest BCUT2D eigenvalue weighted by Gasteiger charge is -2.15. The molecule has 156 valence electrons. The van der Waals surface area contributed by atoms with E-state index in [1.165, 1.54) is 13.2 Å². The second-order valence-electron chi connectivity index (χ2n) is 5.50. The normalized spacial score (nSPS) is 12.0. The second kappa shape index (κ2) is 8.52. The molecule has 2 aromatic rings. The van der Waals surface area contributed by atoms with Gasteiger partial charge in [-0.15, -0.1) is 0 Å². The monoisotopic (exact) mass is 435 g/mol. The number of hydrogen-bond acceptors (Lipinski definition) is 5. The zero-order valence-electron chi connectivity index (χ0n) is 15.1. The summed E-state index contributed by atoms with van der Waals surface area (Å²) in [5.41, 5.74) is -4.98. The Morgan fingerprint density at radius 2 is 1.97 bits per heavy atom. The zero-order chi connectivity index (χ0) is 21.9. The molecule has 0 unspecified atom stereocenters. The number of nitrogens with zero attached hydrogens (tertiary/aromatic N) is 3. The van der Waals surface area contributed by atoms with Gasteiger partial charge in [-0.05, 0) is 17.3 Å². The maximum Gasteiger partial charge on any atom is 0.431 e. The van der Waals surface area contributed by atoms with E-state index >= 15 is 0 Å². The first-order valence-corrected chi connectivity index (χ1v) is 8.15. The Kier molecular flexibility index (Phi) is 6.52. The summed E-state index contributed by atoms with van der Waals surface area (Å²) in [5.74, 6) is -1.35. The van der Waals surface area contributed by atoms with Gasteiger partial charge in [0, 0.05) is 13.1 Å². The van der Waals surface area contributed by atoms with Gasteiger partial charge in [0.05, 0.1) is 16.3 Å². The number of rotatable bonds is 5. The maximum absolute atomic E-state index is 14.5. The Balaban J connectivity index is 2.79. The second-order valence-corrected chi connectivity index (χ2v) is 5.91. The van der Waals surface area contributed by atoms with E-state index < -0.39 is 34.6 Å². The molecule has 1 heterocycles. The maximum atomic E-state index is 14.5. The lowest BCUT2D eigenvalue weighted by molar-refractivity contribution is -0.144. The van der Waals surface area contributed by atoms with Crippen LogP contribution in [0.25, 0.3) is 5.69 Å². The van der Waals surface area contributed by atoms with Gasteiger partial charge in [0.2, 0.25) is 0 Å². The van der Waals surface area contributed by atoms with Crippen LogP contribution in [0.5, 0.6) is 0 Å². The molecule has 0 aliphatic rings. The molecule has 0 aliphatic carbocycles. The fourth-order valence-corrected chi connectivity index (χ4v) is 2.60. The number of alkyl halides is 3. The molecule has 0 amide bonds. The van der Waals surface area contributed by atoms with Crippen molar-refractivity contribution in [3.05, 3.63) is 73.8 Å². The van der Waals surface area contributed by atoms with E-state index in [0.29, 0.717) is 0 Å². The lowest BCUT2D eigenvalue weighted by atomic mass is 10.1. The van der Waals surface area contributed by atoms with Gasteiger partial charge >= 0.3 is 11.9 Å². The largest absolute Gasteiger partial charge is 0.471 e. The van der Waals surface area contributed by atoms with Crippen molar-refractivity contribution in [3.63, 3.8) is 0 Å². The highest BCUT2D eigenvalue weighted by Crippen LogP contribution is 2.28. The SMILES string of the molecule is C=CCOC(=NOC)c1cc(-n2c(=O)cc(C(F)(F)F)n(C)c2=O)c(F)cc1Cl. The Morgan fingerprint density at radius 1 is 1.31 bits per heavy atom. The van der Waals surface area contributed by atoms with Gasteiger partial charge in [0.1, 0.15) is 25.2 Å². The summed E-state index contributed by atoms with van der Waals surface area (Å²) in [5, 5.41) is 3.38. The van der Waals surface area contributed by atoms with Crippen molar-refractivity contribution in [1.29, 1.82) is 0 Å². The molecule has 0 fully saturated rings. The van der Waals surface area contributed by atoms with Crippen LogP contribution in [0.2, 0.25) is 5.02 Å². The van der Waals surface area contributed by atoms with Gasteiger partial charge in [-0.1, -0.05) is 24.3 Å². The van der Waals surface area contributed by atoms with Crippen LogP contribution in [0.1, 0.15) is 11.3 Å². The number of oxime groups is 1. The lowest BCUT2D eigenvalue weighted by Crippen LogP contribution is -2.41. The third kappa shape index (κ3) is 4.50. The van der Waals surface area contributed by atoms with Crippen molar-refractivity contribution >= 4 is 17.5 Å². The minimum absolute atomic E-state index is 0.0345. The molecular formula is C17H14ClF4N3O4. The summed E-state index contributed by atoms with van der Waals surface area (Å²) in [6, 6.07) is 1.89. The highest BCUT2D eigenvalue weighted by atomic mass is 35.5. The van der Waals surface area contributed by atoms with Crippen molar-refractivity contribution in [2.75, 3.05) is 13.7 Å². The number of halogens is 5. The van der Waals surface area contributed by atoms with E-state index in [4.69, 9.17) is 16.3 Å². The Bertz CT molecular complexity index is 1090. The van der Waals surface area contributed by atoms with Gasteiger partial charge in [-0.2, -0.15) is 13.2 Å². The summed E-state index contributed by atoms with van der Waals surface area (Å²) in [4.78, 5) is 29.3. The first-order chi connectivity index (χ1) is 13.5. The highest BCUT2D eigenvalue weighted by molar-refractivity contribution is 6.33. The van der Waals surface area contributed by atoms with Crippen molar-refractivity contribution in [2.24, 2.45) is 12.2 Å². The molecule has 0 aliphatic heterocycles. The van der Waals surface area contributed by atoms with E-state index in [0.717, 1.165) is 19.2 Å². The molecule has 1 aromatic heterocycles. The first-order valence-electron chi connectivity index (χ1n) is 7.77. The predicted molar refractivity (Wildman–Crippen MR) is 96.9 cm³/mol. The summed E-state index contributed by atoms with van der Waals surface area (Å²) in [6.07, 6.45) is -3.58. The smallest absolute Gasteiger partial charge is 0.431 e. The molecule has 0 saturated heterocycles. The van der Waals surface area contributed by atoms with E-state index in [2.05, 4.69) is 16.6 Å². The van der Waals surface area contributed by atoms with Crippen LogP contribution in [-0.2, 0) is 22.8 Å². The molecule has 0 spiro atoms. The standard InChI is InChI=1S/C17H14ClF4N3O4/c1-4-5-29-15(23-28-3)9-6-12(11(19)7-10(9)18)25-14(26)8-13(17(20,21)22)24(2)16(25)27/h4,6-8H,1,5H2,2-3H3. The van der Waals surface area contributed by atoms with E-state index in [1.54, 1.807) is 0 Å². The molecule has 29 heavy (non-hydrogen) atoms. The fourth-order valence-electron chi connectivity index (χ4n) is 2.37. The van der Waals surface area contributed by atoms with Gasteiger partial charge < -0.3 is 9.57 Å². The van der Waals surface area contributed by atoms with Crippen molar-refractivity contribution in [1.82, 2.24) is 9.13 Å². The van der Waals surface area contributed by atoms with Gasteiger partial charge in [-0.3, -0.25) is 9.36 Å². The average Bonchev–Trinajstić information content (AvgIpc) is 2.62. The van der Waals surface area contributed by atoms with Crippen molar-refractivity contribution in [3.8, 4) is 5.69 Å². The topological polar surface area (TPSA) is 74.8 Å². The van der Waals surface area contributed by atoms with Crippen molar-refractivity contribution in [2.45, 2.75) is 6.18 Å². The van der Waals surface area contributed by atoms with E-state index in [-0.39, 0.29) is 38.3 Å². The van der Waals surface area contributed by atoms with Gasteiger partial charge in [-0.25, -0.2) is 13.8 Å². The highest BCUT2D eigenvalue weighted by Gasteiger charge is 2.35. The fraction of sp³-hybridized carbons (Fsp3) is 0.235. The predicted octanol–water partition coefficient (Wildman–Crippen LogP) is 2.86. The van der Waals surface area contributed by atoms with Crippen molar-refractivity contribution < 1.29 is 27.1 Å². The first kappa shape index (κ1) is 22.2. The van der Waals surface area contributed by atoms with E-state index in [9.17, 15) is 27.2 Å². The van der Waals surface area contributed by atoms with Crippen LogP contribution < -0.4 is 11.2 Å². The average molecular weight is 436 g/mol. The Labute approximate surface area is 166 Å². The molecule has 0 saturated carbocycles. The van der Waals surface area contributed by atoms with Gasteiger partial charge in [0.15, 0.2) is 0 Å². The number of ether oxygens (including phenoxy) is 1. The molecule has 12 heteroatoms. The van der Waals surface area contributed by atoms with E-state index in [1.807, 2.05) is 0 Å². The van der Waals surface area contributed by atoms with Crippen LogP contribution in [0.3, 0.4) is 0 Å². The quantitative estimate of drug-likeness (QED) is 0.238. The molecule has 7 nitrogen and oxygen atoms in total. The number of benzene rings is 1. The minimum Gasteiger partial charge on any atom is -0.471 e.